The van der Waals surface area contributed by atoms with Crippen LogP contribution in [0.4, 0.5) is 0 Å². The molecule has 3 aromatic rings. The second-order valence-corrected chi connectivity index (χ2v) is 29.6. The summed E-state index contributed by atoms with van der Waals surface area (Å²) in [5.74, 6) is -12.2. The predicted octanol–water partition coefficient (Wildman–Crippen LogP) is -0.817. The first-order chi connectivity index (χ1) is 51.8. The van der Waals surface area contributed by atoms with Gasteiger partial charge >= 0.3 is 5.97 Å². The van der Waals surface area contributed by atoms with E-state index in [1.165, 1.54) is 6.92 Å². The molecule has 1 aromatic heterocycles. The fourth-order valence-corrected chi connectivity index (χ4v) is 12.6. The number of fused-ring (bicyclic) bond motifs is 1. The maximum Gasteiger partial charge on any atom is 0.322 e. The fourth-order valence-electron chi connectivity index (χ4n) is 12.6. The summed E-state index contributed by atoms with van der Waals surface area (Å²) in [6, 6.07) is -0.220. The lowest BCUT2D eigenvalue weighted by atomic mass is 9.97. The van der Waals surface area contributed by atoms with Gasteiger partial charge in [0.2, 0.25) is 70.9 Å². The van der Waals surface area contributed by atoms with Gasteiger partial charge in [0.25, 0.3) is 0 Å². The monoisotopic (exact) mass is 1530 g/mol. The average Bonchev–Trinajstić information content (AvgIpc) is 1.73. The lowest BCUT2D eigenvalue weighted by Crippen LogP contribution is -2.62. The van der Waals surface area contributed by atoms with Crippen molar-refractivity contribution in [3.63, 3.8) is 0 Å². The summed E-state index contributed by atoms with van der Waals surface area (Å²) in [6.45, 7) is 15.2. The van der Waals surface area contributed by atoms with Crippen molar-refractivity contribution in [3.8, 4) is 0 Å². The number of hydrogen-bond donors (Lipinski definition) is 20. The van der Waals surface area contributed by atoms with Gasteiger partial charge in [-0.05, 0) is 164 Å². The molecule has 2 unspecified atom stereocenters. The largest absolute Gasteiger partial charge is 0.480 e. The molecule has 1 saturated heterocycles. The highest BCUT2D eigenvalue weighted by Gasteiger charge is 2.39. The number of carboxylic acids is 1. The Hall–Kier alpha value is -9.15. The van der Waals surface area contributed by atoms with E-state index in [-0.39, 0.29) is 94.5 Å². The number of carboxylic acid groups (broad SMARTS) is 1. The Kier molecular flexibility index (Phi) is 40.9. The predicted molar refractivity (Wildman–Crippen MR) is 410 cm³/mol. The van der Waals surface area contributed by atoms with Crippen molar-refractivity contribution in [2.75, 3.05) is 39.3 Å². The first kappa shape index (κ1) is 92.2. The SMILES string of the molecule is CCC(C)[C@H](NC(=O)[C@H](Cc1c[nH]c2ccccc12)NC(=O)[C@H](CCCCN)NC(=O)[C@H](CO)NC(=O)[C@H](CC(C)C)NC(=O)[C@H](Cc1ccccc1)NC(=O)[C@@H](NC(=O)[C@H](CCCCN)NC(=O)[C@H](CC(C)C)NC(=O)[C@H](CC(C)C)NC(=O)[C@H](CCCCN)NC(=O)[C@@H]1CCCN1)C(C)O)C(=O)NCC(=O)O. The van der Waals surface area contributed by atoms with Crippen molar-refractivity contribution in [2.24, 2.45) is 40.9 Å². The van der Waals surface area contributed by atoms with Crippen LogP contribution in [0.2, 0.25) is 0 Å². The third-order valence-corrected chi connectivity index (χ3v) is 18.9. The highest BCUT2D eigenvalue weighted by Crippen LogP contribution is 2.21. The van der Waals surface area contributed by atoms with Gasteiger partial charge in [-0.25, -0.2) is 0 Å². The molecule has 4 rings (SSSR count). The number of amides is 12. The second kappa shape index (κ2) is 48.4. The number of nitrogens with two attached hydrogens (primary N) is 3. The van der Waals surface area contributed by atoms with Crippen LogP contribution in [0.25, 0.3) is 10.9 Å². The van der Waals surface area contributed by atoms with Gasteiger partial charge in [-0.1, -0.05) is 110 Å². The van der Waals surface area contributed by atoms with Crippen molar-refractivity contribution in [1.82, 2.24) is 74.1 Å². The van der Waals surface area contributed by atoms with Gasteiger partial charge in [0.1, 0.15) is 73.0 Å². The maximum atomic E-state index is 14.8. The number of aromatic amines is 1. The number of benzene rings is 2. The van der Waals surface area contributed by atoms with Gasteiger partial charge in [0.15, 0.2) is 0 Å². The number of unbranched alkanes of at least 4 members (excludes halogenated alkanes) is 3. The molecule has 0 bridgehead atoms. The summed E-state index contributed by atoms with van der Waals surface area (Å²) in [5.41, 5.74) is 19.3. The molecule has 1 aliphatic heterocycles. The van der Waals surface area contributed by atoms with E-state index >= 15 is 0 Å². The van der Waals surface area contributed by atoms with Crippen molar-refractivity contribution in [3.05, 3.63) is 71.9 Å². The topological polar surface area (TPSA) is 533 Å². The van der Waals surface area contributed by atoms with Crippen molar-refractivity contribution in [1.29, 1.82) is 0 Å². The Bertz CT molecular complexity index is 3420. The average molecular weight is 1530 g/mol. The Morgan fingerprint density at radius 3 is 1.33 bits per heavy atom. The van der Waals surface area contributed by atoms with E-state index in [1.807, 2.05) is 33.8 Å². The van der Waals surface area contributed by atoms with Crippen LogP contribution in [-0.2, 0) is 75.2 Å². The molecule has 608 valence electrons. The number of rotatable bonds is 51. The summed E-state index contributed by atoms with van der Waals surface area (Å²) in [7, 11) is 0. The molecular formula is C76H123N17O16. The minimum Gasteiger partial charge on any atom is -0.480 e. The highest BCUT2D eigenvalue weighted by atomic mass is 16.4. The van der Waals surface area contributed by atoms with E-state index in [4.69, 9.17) is 17.2 Å². The van der Waals surface area contributed by atoms with E-state index in [9.17, 15) is 77.6 Å². The first-order valence-corrected chi connectivity index (χ1v) is 38.4. The van der Waals surface area contributed by atoms with Crippen LogP contribution < -0.4 is 86.3 Å². The zero-order valence-electron chi connectivity index (χ0n) is 64.7. The number of hydrogen-bond acceptors (Lipinski definition) is 19. The molecule has 33 heteroatoms. The molecule has 0 spiro atoms. The number of nitrogens with one attached hydrogen (secondary N) is 14. The van der Waals surface area contributed by atoms with E-state index in [0.717, 1.165) is 17.3 Å². The first-order valence-electron chi connectivity index (χ1n) is 38.4. The molecule has 2 heterocycles. The minimum atomic E-state index is -1.79. The van der Waals surface area contributed by atoms with Gasteiger partial charge in [-0.3, -0.25) is 62.3 Å². The Labute approximate surface area is 639 Å². The number of H-pyrrole nitrogens is 1. The number of carbonyl (C=O) groups is 13. The van der Waals surface area contributed by atoms with Crippen molar-refractivity contribution in [2.45, 2.75) is 250 Å². The van der Waals surface area contributed by atoms with Crippen LogP contribution in [0.3, 0.4) is 0 Å². The van der Waals surface area contributed by atoms with Crippen LogP contribution in [0.15, 0.2) is 60.8 Å². The lowest BCUT2D eigenvalue weighted by molar-refractivity contribution is -0.139. The smallest absolute Gasteiger partial charge is 0.322 e. The molecule has 0 aliphatic carbocycles. The van der Waals surface area contributed by atoms with Crippen LogP contribution in [0.1, 0.15) is 170 Å². The van der Waals surface area contributed by atoms with E-state index in [0.29, 0.717) is 69.2 Å². The van der Waals surface area contributed by atoms with Crippen LogP contribution >= 0.6 is 0 Å². The fraction of sp³-hybridized carbons (Fsp3) is 0.645. The van der Waals surface area contributed by atoms with E-state index in [2.05, 4.69) is 74.1 Å². The number of aliphatic hydroxyl groups excluding tert-OH is 2. The number of aliphatic hydroxyl groups is 2. The van der Waals surface area contributed by atoms with E-state index in [1.54, 1.807) is 82.4 Å². The summed E-state index contributed by atoms with van der Waals surface area (Å²) < 4.78 is 0. The van der Waals surface area contributed by atoms with Crippen molar-refractivity contribution < 1.29 is 77.6 Å². The number of aromatic nitrogens is 1. The number of para-hydroxylation sites is 1. The zero-order valence-corrected chi connectivity index (χ0v) is 64.7. The van der Waals surface area contributed by atoms with Gasteiger partial charge in [-0.15, -0.1) is 0 Å². The molecule has 33 nitrogen and oxygen atoms in total. The van der Waals surface area contributed by atoms with Gasteiger partial charge < -0.3 is 107 Å². The third kappa shape index (κ3) is 32.1. The molecule has 2 aromatic carbocycles. The molecular weight excluding hydrogens is 1410 g/mol. The summed E-state index contributed by atoms with van der Waals surface area (Å²) in [5, 5.41) is 67.1. The molecule has 1 aliphatic rings. The van der Waals surface area contributed by atoms with Gasteiger partial charge in [-0.2, -0.15) is 0 Å². The molecule has 12 amide bonds. The maximum absolute atomic E-state index is 14.8. The Balaban J connectivity index is 1.59. The molecule has 0 radical (unpaired) electrons. The zero-order chi connectivity index (χ0) is 80.9. The minimum absolute atomic E-state index is 0.0242. The Morgan fingerprint density at radius 2 is 0.872 bits per heavy atom. The summed E-state index contributed by atoms with van der Waals surface area (Å²) in [6.07, 6.45) is 4.30. The second-order valence-electron chi connectivity index (χ2n) is 29.6. The lowest BCUT2D eigenvalue weighted by Gasteiger charge is -2.30. The molecule has 1 fully saturated rings. The molecule has 23 N–H and O–H groups in total. The number of carbonyl (C=O) groups excluding carboxylic acids is 12. The summed E-state index contributed by atoms with van der Waals surface area (Å²) >= 11 is 0. The summed E-state index contributed by atoms with van der Waals surface area (Å²) in [4.78, 5) is 186. The highest BCUT2D eigenvalue weighted by molar-refractivity contribution is 6.00. The quantitative estimate of drug-likeness (QED) is 0.0307. The van der Waals surface area contributed by atoms with Crippen LogP contribution in [0, 0.1) is 23.7 Å². The van der Waals surface area contributed by atoms with Gasteiger partial charge in [0.05, 0.1) is 18.8 Å². The molecule has 0 saturated carbocycles. The standard InChI is InChI=1S/C76H123N17O16/c1-10-46(8)63(75(108)82-41-62(96)97)92-73(106)60(39-49-40-81-51-26-15-14-25-50(49)51)89-67(100)54(28-17-20-32-78)85-74(107)61(42-94)91-71(104)58(37-45(6)7)88-72(105)59(38-48-23-12-11-13-24-48)90-76(109)64(47(9)95)93-68(101)55(29-18-21-33-79)84-69(102)56(35-43(2)3)87-70(103)57(36-44(4)5)86-66(99)53(27-16-19-31-77)83-65(98)52-30-22-34-80-52/h11-15,23-26,40,43-47,52-61,63-64,80-81,94-95H,10,16-22,27-39,41-42,77-79H2,1-9H3,(H,82,108)(H,83,98)(H,84,102)(H,85,107)(H,86,99)(H,87,103)(H,88,105)(H,89,100)(H,90,109)(H,91,104)(H,92,106)(H,93,101)(H,96,97)/t46?,47?,52-,53-,54-,55-,56-,57-,58-,59-,60-,61-,63-,64-/m0/s1. The third-order valence-electron chi connectivity index (χ3n) is 18.9. The molecule has 14 atom stereocenters. The van der Waals surface area contributed by atoms with Gasteiger partial charge in [0, 0.05) is 29.9 Å². The molecule has 109 heavy (non-hydrogen) atoms. The number of aliphatic carboxylic acids is 1. The van der Waals surface area contributed by atoms with Crippen LogP contribution in [0.5, 0.6) is 0 Å². The van der Waals surface area contributed by atoms with E-state index < -0.39 is 169 Å². The Morgan fingerprint density at radius 1 is 0.468 bits per heavy atom. The normalized spacial score (nSPS) is 16.4. The van der Waals surface area contributed by atoms with Crippen molar-refractivity contribution >= 4 is 87.8 Å². The van der Waals surface area contributed by atoms with Crippen LogP contribution in [-0.4, -0.2) is 215 Å².